The van der Waals surface area contributed by atoms with Gasteiger partial charge in [-0.1, -0.05) is 6.07 Å². The number of hydrogen-bond acceptors (Lipinski definition) is 4. The summed E-state index contributed by atoms with van der Waals surface area (Å²) < 4.78 is 0. The number of pyridine rings is 1. The highest BCUT2D eigenvalue weighted by atomic mass is 32.1. The first-order valence-electron chi connectivity index (χ1n) is 5.28. The standard InChI is InChI=1S/C12H15N3S/c1-9-4-3-5-11(15-9)6-13-7-12-8-14-10(2)16-12/h3-5,8,13H,6-7H2,1-2H3. The number of thiazole rings is 1. The van der Waals surface area contributed by atoms with Crippen molar-refractivity contribution in [2.24, 2.45) is 0 Å². The van der Waals surface area contributed by atoms with E-state index in [1.807, 2.05) is 38.2 Å². The van der Waals surface area contributed by atoms with E-state index in [0.717, 1.165) is 29.5 Å². The van der Waals surface area contributed by atoms with Gasteiger partial charge in [-0.3, -0.25) is 4.98 Å². The molecule has 4 heteroatoms. The number of nitrogens with one attached hydrogen (secondary N) is 1. The number of nitrogens with zero attached hydrogens (tertiary/aromatic N) is 2. The SMILES string of the molecule is Cc1cccc(CNCc2cnc(C)s2)n1. The first-order chi connectivity index (χ1) is 7.74. The molecular formula is C12H15N3S. The summed E-state index contributed by atoms with van der Waals surface area (Å²) in [6.07, 6.45) is 1.93. The van der Waals surface area contributed by atoms with Crippen molar-refractivity contribution in [2.45, 2.75) is 26.9 Å². The predicted octanol–water partition coefficient (Wildman–Crippen LogP) is 2.44. The first-order valence-corrected chi connectivity index (χ1v) is 6.10. The lowest BCUT2D eigenvalue weighted by atomic mass is 10.3. The second kappa shape index (κ2) is 5.18. The lowest BCUT2D eigenvalue weighted by molar-refractivity contribution is 0.684. The molecule has 0 amide bonds. The van der Waals surface area contributed by atoms with E-state index in [1.54, 1.807) is 11.3 Å². The molecule has 0 aliphatic carbocycles. The maximum Gasteiger partial charge on any atom is 0.0897 e. The summed E-state index contributed by atoms with van der Waals surface area (Å²) in [6, 6.07) is 6.09. The van der Waals surface area contributed by atoms with E-state index < -0.39 is 0 Å². The highest BCUT2D eigenvalue weighted by Crippen LogP contribution is 2.10. The van der Waals surface area contributed by atoms with Gasteiger partial charge in [-0.05, 0) is 26.0 Å². The molecule has 2 rings (SSSR count). The molecule has 0 unspecified atom stereocenters. The van der Waals surface area contributed by atoms with E-state index in [4.69, 9.17) is 0 Å². The largest absolute Gasteiger partial charge is 0.306 e. The van der Waals surface area contributed by atoms with Crippen molar-refractivity contribution >= 4 is 11.3 Å². The van der Waals surface area contributed by atoms with Crippen molar-refractivity contribution < 1.29 is 0 Å². The van der Waals surface area contributed by atoms with Crippen LogP contribution < -0.4 is 5.32 Å². The molecule has 2 aromatic heterocycles. The van der Waals surface area contributed by atoms with Crippen LogP contribution in [-0.2, 0) is 13.1 Å². The zero-order chi connectivity index (χ0) is 11.4. The van der Waals surface area contributed by atoms with Gasteiger partial charge in [0, 0.05) is 29.9 Å². The molecule has 1 N–H and O–H groups in total. The highest BCUT2D eigenvalue weighted by Gasteiger charge is 1.98. The molecule has 0 bridgehead atoms. The molecule has 3 nitrogen and oxygen atoms in total. The van der Waals surface area contributed by atoms with Crippen molar-refractivity contribution in [1.29, 1.82) is 0 Å². The van der Waals surface area contributed by atoms with Gasteiger partial charge in [0.15, 0.2) is 0 Å². The number of aromatic nitrogens is 2. The average molecular weight is 233 g/mol. The predicted molar refractivity (Wildman–Crippen MR) is 66.4 cm³/mol. The molecular weight excluding hydrogens is 218 g/mol. The molecule has 0 atom stereocenters. The maximum absolute atomic E-state index is 4.43. The van der Waals surface area contributed by atoms with Crippen LogP contribution in [0.2, 0.25) is 0 Å². The van der Waals surface area contributed by atoms with Gasteiger partial charge in [0.25, 0.3) is 0 Å². The molecule has 0 aromatic carbocycles. The molecule has 84 valence electrons. The van der Waals surface area contributed by atoms with Gasteiger partial charge >= 0.3 is 0 Å². The normalized spacial score (nSPS) is 10.6. The van der Waals surface area contributed by atoms with Crippen LogP contribution in [0.5, 0.6) is 0 Å². The topological polar surface area (TPSA) is 37.8 Å². The number of hydrogen-bond donors (Lipinski definition) is 1. The van der Waals surface area contributed by atoms with Crippen LogP contribution in [0.25, 0.3) is 0 Å². The minimum atomic E-state index is 0.804. The van der Waals surface area contributed by atoms with Crippen molar-refractivity contribution in [3.05, 3.63) is 45.7 Å². The third kappa shape index (κ3) is 3.12. The minimum absolute atomic E-state index is 0.804. The fourth-order valence-electron chi connectivity index (χ4n) is 1.50. The van der Waals surface area contributed by atoms with E-state index in [0.29, 0.717) is 0 Å². The van der Waals surface area contributed by atoms with Crippen LogP contribution in [0.3, 0.4) is 0 Å². The molecule has 2 heterocycles. The Morgan fingerprint density at radius 2 is 2.12 bits per heavy atom. The molecule has 0 saturated heterocycles. The molecule has 16 heavy (non-hydrogen) atoms. The Labute approximate surface area is 99.6 Å². The third-order valence-corrected chi connectivity index (χ3v) is 3.13. The molecule has 0 aliphatic heterocycles. The molecule has 0 saturated carbocycles. The van der Waals surface area contributed by atoms with E-state index in [9.17, 15) is 0 Å². The van der Waals surface area contributed by atoms with Crippen molar-refractivity contribution in [3.63, 3.8) is 0 Å². The van der Waals surface area contributed by atoms with Crippen LogP contribution in [0.1, 0.15) is 21.3 Å². The second-order valence-corrected chi connectivity index (χ2v) is 5.04. The van der Waals surface area contributed by atoms with Gasteiger partial charge < -0.3 is 5.32 Å². The molecule has 0 aliphatic rings. The van der Waals surface area contributed by atoms with Gasteiger partial charge in [0.1, 0.15) is 0 Å². The Balaban J connectivity index is 1.84. The summed E-state index contributed by atoms with van der Waals surface area (Å²) in [7, 11) is 0. The Bertz CT molecular complexity index is 465. The van der Waals surface area contributed by atoms with Crippen LogP contribution in [-0.4, -0.2) is 9.97 Å². The van der Waals surface area contributed by atoms with Crippen LogP contribution in [0.4, 0.5) is 0 Å². The fraction of sp³-hybridized carbons (Fsp3) is 0.333. The fourth-order valence-corrected chi connectivity index (χ4v) is 2.26. The Kier molecular flexibility index (Phi) is 3.64. The second-order valence-electron chi connectivity index (χ2n) is 3.72. The summed E-state index contributed by atoms with van der Waals surface area (Å²) in [4.78, 5) is 9.92. The first kappa shape index (κ1) is 11.2. The van der Waals surface area contributed by atoms with E-state index in [1.165, 1.54) is 4.88 Å². The van der Waals surface area contributed by atoms with Crippen molar-refractivity contribution in [1.82, 2.24) is 15.3 Å². The van der Waals surface area contributed by atoms with Gasteiger partial charge in [-0.25, -0.2) is 4.98 Å². The maximum atomic E-state index is 4.43. The van der Waals surface area contributed by atoms with E-state index >= 15 is 0 Å². The Morgan fingerprint density at radius 1 is 1.25 bits per heavy atom. The quantitative estimate of drug-likeness (QED) is 0.881. The van der Waals surface area contributed by atoms with Gasteiger partial charge in [-0.15, -0.1) is 11.3 Å². The van der Waals surface area contributed by atoms with Crippen molar-refractivity contribution in [2.75, 3.05) is 0 Å². The summed E-state index contributed by atoms with van der Waals surface area (Å²) in [6.45, 7) is 5.70. The molecule has 0 radical (unpaired) electrons. The van der Waals surface area contributed by atoms with Crippen LogP contribution in [0, 0.1) is 13.8 Å². The highest BCUT2D eigenvalue weighted by molar-refractivity contribution is 7.11. The zero-order valence-corrected chi connectivity index (χ0v) is 10.3. The number of aryl methyl sites for hydroxylation is 2. The van der Waals surface area contributed by atoms with Gasteiger partial charge in [0.05, 0.1) is 10.7 Å². The van der Waals surface area contributed by atoms with Crippen LogP contribution >= 0.6 is 11.3 Å². The lowest BCUT2D eigenvalue weighted by Crippen LogP contribution is -2.13. The van der Waals surface area contributed by atoms with E-state index in [2.05, 4.69) is 15.3 Å². The lowest BCUT2D eigenvalue weighted by Gasteiger charge is -2.03. The van der Waals surface area contributed by atoms with Gasteiger partial charge in [-0.2, -0.15) is 0 Å². The van der Waals surface area contributed by atoms with E-state index in [-0.39, 0.29) is 0 Å². The summed E-state index contributed by atoms with van der Waals surface area (Å²) in [5.74, 6) is 0. The summed E-state index contributed by atoms with van der Waals surface area (Å²) >= 11 is 1.73. The Hall–Kier alpha value is -1.26. The molecule has 0 fully saturated rings. The minimum Gasteiger partial charge on any atom is -0.306 e. The summed E-state index contributed by atoms with van der Waals surface area (Å²) in [5, 5.41) is 4.48. The molecule has 2 aromatic rings. The van der Waals surface area contributed by atoms with Gasteiger partial charge in [0.2, 0.25) is 0 Å². The third-order valence-electron chi connectivity index (χ3n) is 2.22. The number of rotatable bonds is 4. The smallest absolute Gasteiger partial charge is 0.0897 e. The molecule has 0 spiro atoms. The van der Waals surface area contributed by atoms with Crippen molar-refractivity contribution in [3.8, 4) is 0 Å². The summed E-state index contributed by atoms with van der Waals surface area (Å²) in [5.41, 5.74) is 2.15. The monoisotopic (exact) mass is 233 g/mol. The Morgan fingerprint density at radius 3 is 2.81 bits per heavy atom. The zero-order valence-electron chi connectivity index (χ0n) is 9.53. The average Bonchev–Trinajstić information content (AvgIpc) is 2.64. The van der Waals surface area contributed by atoms with Crippen LogP contribution in [0.15, 0.2) is 24.4 Å².